The minimum Gasteiger partial charge on any atom is -0.504 e. The van der Waals surface area contributed by atoms with Gasteiger partial charge < -0.3 is 15.5 Å². The van der Waals surface area contributed by atoms with Crippen LogP contribution in [0, 0.1) is 0 Å². The van der Waals surface area contributed by atoms with E-state index >= 15 is 0 Å². The Kier molecular flexibility index (Phi) is 5.12. The van der Waals surface area contributed by atoms with E-state index in [9.17, 15) is 10.2 Å². The zero-order valence-electron chi connectivity index (χ0n) is 10.5. The van der Waals surface area contributed by atoms with Crippen molar-refractivity contribution in [3.05, 3.63) is 54.1 Å². The number of nitrogens with one attached hydrogen (secondary N) is 1. The number of aromatic hydroxyl groups is 2. The predicted molar refractivity (Wildman–Crippen MR) is 78.6 cm³/mol. The second-order valence-electron chi connectivity index (χ2n) is 4.16. The summed E-state index contributed by atoms with van der Waals surface area (Å²) < 4.78 is 0. The zero-order valence-corrected chi connectivity index (χ0v) is 11.4. The van der Waals surface area contributed by atoms with Crippen molar-refractivity contribution >= 4 is 11.8 Å². The molecule has 0 unspecified atom stereocenters. The van der Waals surface area contributed by atoms with Gasteiger partial charge in [-0.1, -0.05) is 24.3 Å². The number of hydrogen-bond donors (Lipinski definition) is 3. The molecule has 3 N–H and O–H groups in total. The molecule has 19 heavy (non-hydrogen) atoms. The van der Waals surface area contributed by atoms with E-state index in [0.29, 0.717) is 6.54 Å². The average molecular weight is 275 g/mol. The first-order valence-electron chi connectivity index (χ1n) is 6.15. The first-order chi connectivity index (χ1) is 9.25. The second-order valence-corrected chi connectivity index (χ2v) is 5.33. The molecule has 0 aromatic heterocycles. The van der Waals surface area contributed by atoms with E-state index in [2.05, 4.69) is 17.4 Å². The highest BCUT2D eigenvalue weighted by molar-refractivity contribution is 7.99. The largest absolute Gasteiger partial charge is 0.504 e. The van der Waals surface area contributed by atoms with Gasteiger partial charge in [-0.25, -0.2) is 0 Å². The molecule has 0 amide bonds. The van der Waals surface area contributed by atoms with Gasteiger partial charge >= 0.3 is 0 Å². The van der Waals surface area contributed by atoms with Gasteiger partial charge in [0, 0.05) is 23.7 Å². The first kappa shape index (κ1) is 13.8. The van der Waals surface area contributed by atoms with Crippen LogP contribution >= 0.6 is 11.8 Å². The smallest absolute Gasteiger partial charge is 0.157 e. The van der Waals surface area contributed by atoms with Crippen LogP contribution in [0.1, 0.15) is 5.56 Å². The average Bonchev–Trinajstić information content (AvgIpc) is 2.43. The number of phenols is 2. The predicted octanol–water partition coefficient (Wildman–Crippen LogP) is 2.98. The molecule has 4 heteroatoms. The summed E-state index contributed by atoms with van der Waals surface area (Å²) in [7, 11) is 0. The summed E-state index contributed by atoms with van der Waals surface area (Å²) in [6.45, 7) is 1.57. The van der Waals surface area contributed by atoms with E-state index in [4.69, 9.17) is 0 Å². The Morgan fingerprint density at radius 2 is 1.74 bits per heavy atom. The molecular weight excluding hydrogens is 258 g/mol. The van der Waals surface area contributed by atoms with Crippen molar-refractivity contribution in [1.29, 1.82) is 0 Å². The summed E-state index contributed by atoms with van der Waals surface area (Å²) in [6.07, 6.45) is 0. The Morgan fingerprint density at radius 3 is 2.47 bits per heavy atom. The Morgan fingerprint density at radius 1 is 0.947 bits per heavy atom. The van der Waals surface area contributed by atoms with Gasteiger partial charge in [0.2, 0.25) is 0 Å². The summed E-state index contributed by atoms with van der Waals surface area (Å²) in [4.78, 5) is 1.27. The van der Waals surface area contributed by atoms with E-state index < -0.39 is 0 Å². The van der Waals surface area contributed by atoms with E-state index in [0.717, 1.165) is 17.9 Å². The highest BCUT2D eigenvalue weighted by atomic mass is 32.2. The molecule has 2 aromatic carbocycles. The molecule has 0 fully saturated rings. The molecule has 0 spiro atoms. The van der Waals surface area contributed by atoms with Crippen LogP contribution in [0.2, 0.25) is 0 Å². The first-order valence-corrected chi connectivity index (χ1v) is 7.13. The summed E-state index contributed by atoms with van der Waals surface area (Å²) in [5.74, 6) is 0.843. The normalized spacial score (nSPS) is 10.5. The van der Waals surface area contributed by atoms with Crippen molar-refractivity contribution < 1.29 is 10.2 Å². The summed E-state index contributed by atoms with van der Waals surface area (Å²) in [5, 5.41) is 21.9. The lowest BCUT2D eigenvalue weighted by Gasteiger charge is -2.06. The van der Waals surface area contributed by atoms with Gasteiger partial charge in [0.05, 0.1) is 0 Å². The lowest BCUT2D eigenvalue weighted by Crippen LogP contribution is -2.16. The molecule has 0 aliphatic heterocycles. The summed E-state index contributed by atoms with van der Waals surface area (Å²) in [6, 6.07) is 15.2. The number of benzene rings is 2. The van der Waals surface area contributed by atoms with Crippen LogP contribution in [0.15, 0.2) is 53.4 Å². The molecule has 2 aromatic rings. The van der Waals surface area contributed by atoms with Crippen LogP contribution in [-0.2, 0) is 6.54 Å². The van der Waals surface area contributed by atoms with Crippen molar-refractivity contribution in [2.45, 2.75) is 11.4 Å². The fourth-order valence-corrected chi connectivity index (χ4v) is 2.50. The lowest BCUT2D eigenvalue weighted by atomic mass is 10.2. The third kappa shape index (κ3) is 4.50. The zero-order chi connectivity index (χ0) is 13.5. The number of thioether (sulfide) groups is 1. The maximum atomic E-state index is 9.37. The van der Waals surface area contributed by atoms with E-state index in [1.54, 1.807) is 12.1 Å². The number of hydrogen-bond acceptors (Lipinski definition) is 4. The van der Waals surface area contributed by atoms with Crippen molar-refractivity contribution in [1.82, 2.24) is 5.32 Å². The monoisotopic (exact) mass is 275 g/mol. The minimum absolute atomic E-state index is 0.0713. The van der Waals surface area contributed by atoms with Crippen LogP contribution in [0.25, 0.3) is 0 Å². The minimum atomic E-state index is -0.0802. The van der Waals surface area contributed by atoms with E-state index in [-0.39, 0.29) is 11.5 Å². The lowest BCUT2D eigenvalue weighted by molar-refractivity contribution is 0.403. The SMILES string of the molecule is Oc1ccc(CNCCSc2ccccc2)cc1O. The molecular formula is C15H17NO2S. The molecule has 2 rings (SSSR count). The van der Waals surface area contributed by atoms with Crippen LogP contribution < -0.4 is 5.32 Å². The van der Waals surface area contributed by atoms with E-state index in [1.807, 2.05) is 30.0 Å². The molecule has 100 valence electrons. The molecule has 0 saturated carbocycles. The van der Waals surface area contributed by atoms with Crippen molar-refractivity contribution in [2.75, 3.05) is 12.3 Å². The highest BCUT2D eigenvalue weighted by Crippen LogP contribution is 2.24. The Labute approximate surface area is 117 Å². The van der Waals surface area contributed by atoms with Gasteiger partial charge in [-0.05, 0) is 29.8 Å². The fraction of sp³-hybridized carbons (Fsp3) is 0.200. The summed E-state index contributed by atoms with van der Waals surface area (Å²) in [5.41, 5.74) is 0.958. The molecule has 0 aliphatic carbocycles. The number of rotatable bonds is 6. The van der Waals surface area contributed by atoms with Crippen LogP contribution in [0.5, 0.6) is 11.5 Å². The van der Waals surface area contributed by atoms with Crippen molar-refractivity contribution in [3.8, 4) is 11.5 Å². The molecule has 3 nitrogen and oxygen atoms in total. The van der Waals surface area contributed by atoms with Crippen molar-refractivity contribution in [2.24, 2.45) is 0 Å². The van der Waals surface area contributed by atoms with Gasteiger partial charge in [0.1, 0.15) is 0 Å². The molecule has 0 saturated heterocycles. The Bertz CT molecular complexity index is 517. The maximum Gasteiger partial charge on any atom is 0.157 e. The van der Waals surface area contributed by atoms with Crippen molar-refractivity contribution in [3.63, 3.8) is 0 Å². The Hall–Kier alpha value is -1.65. The van der Waals surface area contributed by atoms with Crippen LogP contribution in [-0.4, -0.2) is 22.5 Å². The third-order valence-electron chi connectivity index (χ3n) is 2.66. The maximum absolute atomic E-state index is 9.37. The van der Waals surface area contributed by atoms with Gasteiger partial charge in [-0.15, -0.1) is 11.8 Å². The fourth-order valence-electron chi connectivity index (χ4n) is 1.67. The summed E-state index contributed by atoms with van der Waals surface area (Å²) >= 11 is 1.81. The quantitative estimate of drug-likeness (QED) is 0.431. The molecule has 0 radical (unpaired) electrons. The van der Waals surface area contributed by atoms with Crippen LogP contribution in [0.3, 0.4) is 0 Å². The molecule has 0 aliphatic rings. The standard InChI is InChI=1S/C15H17NO2S/c17-14-7-6-12(10-15(14)18)11-16-8-9-19-13-4-2-1-3-5-13/h1-7,10,16-18H,8-9,11H2. The van der Waals surface area contributed by atoms with Gasteiger partial charge in [-0.2, -0.15) is 0 Å². The number of phenolic OH excluding ortho intramolecular Hbond substituents is 2. The second kappa shape index (κ2) is 7.07. The Balaban J connectivity index is 1.68. The van der Waals surface area contributed by atoms with Gasteiger partial charge in [0.25, 0.3) is 0 Å². The third-order valence-corrected chi connectivity index (χ3v) is 3.67. The molecule has 0 bridgehead atoms. The molecule has 0 heterocycles. The van der Waals surface area contributed by atoms with Gasteiger partial charge in [0.15, 0.2) is 11.5 Å². The molecule has 0 atom stereocenters. The van der Waals surface area contributed by atoms with Gasteiger partial charge in [-0.3, -0.25) is 0 Å². The van der Waals surface area contributed by atoms with Crippen LogP contribution in [0.4, 0.5) is 0 Å². The highest BCUT2D eigenvalue weighted by Gasteiger charge is 2.00. The topological polar surface area (TPSA) is 52.5 Å². The van der Waals surface area contributed by atoms with E-state index in [1.165, 1.54) is 11.0 Å².